The number of guanidine groups is 1. The van der Waals surface area contributed by atoms with Crippen molar-refractivity contribution in [3.63, 3.8) is 0 Å². The Morgan fingerprint density at radius 1 is 1.00 bits per heavy atom. The van der Waals surface area contributed by atoms with Crippen LogP contribution in [0.4, 0.5) is 5.69 Å². The highest BCUT2D eigenvalue weighted by atomic mass is 35.5. The largest absolute Gasteiger partial charge is 0.461 e. The molecular weight excluding hydrogens is 396 g/mol. The SMILES string of the molecule is CCOC(=O)c1nccc2c(OC(=O)c3ccc(N=C(N)N)cc3)cccc12.Cl. The fraction of sp³-hybridized carbons (Fsp3) is 0.100. The number of aliphatic imine (C=N–C) groups is 1. The number of nitrogens with zero attached hydrogens (tertiary/aromatic N) is 2. The van der Waals surface area contributed by atoms with Crippen LogP contribution in [0.5, 0.6) is 5.75 Å². The Hall–Kier alpha value is -3.65. The molecule has 0 aliphatic rings. The summed E-state index contributed by atoms with van der Waals surface area (Å²) < 4.78 is 10.6. The Balaban J connectivity index is 0.00000300. The molecule has 3 aromatic rings. The van der Waals surface area contributed by atoms with E-state index < -0.39 is 11.9 Å². The highest BCUT2D eigenvalue weighted by Crippen LogP contribution is 2.28. The van der Waals surface area contributed by atoms with Gasteiger partial charge in [-0.25, -0.2) is 19.6 Å². The Kier molecular flexibility index (Phi) is 7.10. The topological polar surface area (TPSA) is 130 Å². The van der Waals surface area contributed by atoms with Crippen LogP contribution in [0.15, 0.2) is 59.7 Å². The Bertz CT molecular complexity index is 1060. The minimum atomic E-state index is -0.557. The molecule has 0 atom stereocenters. The normalized spacial score (nSPS) is 9.97. The Morgan fingerprint density at radius 2 is 1.72 bits per heavy atom. The van der Waals surface area contributed by atoms with E-state index in [0.29, 0.717) is 27.8 Å². The summed E-state index contributed by atoms with van der Waals surface area (Å²) in [6.45, 7) is 1.95. The van der Waals surface area contributed by atoms with Crippen molar-refractivity contribution in [1.29, 1.82) is 0 Å². The molecular formula is C20H19ClN4O4. The van der Waals surface area contributed by atoms with Crippen molar-refractivity contribution in [2.24, 2.45) is 16.5 Å². The van der Waals surface area contributed by atoms with Crippen LogP contribution in [0.2, 0.25) is 0 Å². The van der Waals surface area contributed by atoms with Gasteiger partial charge in [0.05, 0.1) is 17.9 Å². The fourth-order valence-corrected chi connectivity index (χ4v) is 2.61. The molecule has 8 nitrogen and oxygen atoms in total. The van der Waals surface area contributed by atoms with E-state index in [1.807, 2.05) is 0 Å². The van der Waals surface area contributed by atoms with Crippen molar-refractivity contribution in [2.75, 3.05) is 6.61 Å². The maximum atomic E-state index is 12.5. The molecule has 9 heteroatoms. The van der Waals surface area contributed by atoms with Crippen LogP contribution >= 0.6 is 12.4 Å². The molecule has 0 unspecified atom stereocenters. The summed E-state index contributed by atoms with van der Waals surface area (Å²) in [6, 6.07) is 13.0. The van der Waals surface area contributed by atoms with E-state index in [-0.39, 0.29) is 30.7 Å². The molecule has 2 aromatic carbocycles. The number of nitrogens with two attached hydrogens (primary N) is 2. The number of fused-ring (bicyclic) bond motifs is 1. The zero-order valence-electron chi connectivity index (χ0n) is 15.5. The van der Waals surface area contributed by atoms with Crippen LogP contribution in [-0.4, -0.2) is 29.5 Å². The summed E-state index contributed by atoms with van der Waals surface area (Å²) in [7, 11) is 0. The number of aromatic nitrogens is 1. The molecule has 4 N–H and O–H groups in total. The number of halogens is 1. The molecule has 0 saturated carbocycles. The van der Waals surface area contributed by atoms with Gasteiger partial charge in [0.15, 0.2) is 11.7 Å². The first-order valence-electron chi connectivity index (χ1n) is 8.46. The van der Waals surface area contributed by atoms with Gasteiger partial charge in [-0.3, -0.25) is 0 Å². The molecule has 29 heavy (non-hydrogen) atoms. The first-order chi connectivity index (χ1) is 13.5. The van der Waals surface area contributed by atoms with Gasteiger partial charge in [-0.2, -0.15) is 0 Å². The zero-order valence-corrected chi connectivity index (χ0v) is 16.3. The van der Waals surface area contributed by atoms with Gasteiger partial charge >= 0.3 is 11.9 Å². The Labute approximate surface area is 172 Å². The molecule has 0 amide bonds. The van der Waals surface area contributed by atoms with Crippen LogP contribution in [0, 0.1) is 0 Å². The quantitative estimate of drug-likeness (QED) is 0.284. The van der Waals surface area contributed by atoms with Crippen LogP contribution in [-0.2, 0) is 4.74 Å². The Morgan fingerprint density at radius 3 is 2.38 bits per heavy atom. The molecule has 1 aromatic heterocycles. The van der Waals surface area contributed by atoms with E-state index in [0.717, 1.165) is 0 Å². The van der Waals surface area contributed by atoms with Gasteiger partial charge < -0.3 is 20.9 Å². The fourth-order valence-electron chi connectivity index (χ4n) is 2.61. The molecule has 3 rings (SSSR count). The van der Waals surface area contributed by atoms with Gasteiger partial charge in [-0.1, -0.05) is 12.1 Å². The van der Waals surface area contributed by atoms with Crippen LogP contribution in [0.1, 0.15) is 27.8 Å². The molecule has 0 aliphatic heterocycles. The highest BCUT2D eigenvalue weighted by molar-refractivity contribution is 6.05. The second-order valence-corrected chi connectivity index (χ2v) is 5.70. The second-order valence-electron chi connectivity index (χ2n) is 5.70. The van der Waals surface area contributed by atoms with E-state index in [1.54, 1.807) is 55.5 Å². The third kappa shape index (κ3) is 4.99. The maximum Gasteiger partial charge on any atom is 0.357 e. The zero-order chi connectivity index (χ0) is 20.1. The molecule has 0 bridgehead atoms. The van der Waals surface area contributed by atoms with Crippen molar-refractivity contribution >= 4 is 46.8 Å². The van der Waals surface area contributed by atoms with Gasteiger partial charge in [-0.05, 0) is 43.3 Å². The monoisotopic (exact) mass is 414 g/mol. The number of hydrogen-bond donors (Lipinski definition) is 2. The van der Waals surface area contributed by atoms with Crippen LogP contribution in [0.25, 0.3) is 10.8 Å². The summed E-state index contributed by atoms with van der Waals surface area (Å²) in [5.41, 5.74) is 11.7. The van der Waals surface area contributed by atoms with E-state index in [4.69, 9.17) is 20.9 Å². The first kappa shape index (κ1) is 21.6. The van der Waals surface area contributed by atoms with Crippen LogP contribution < -0.4 is 16.2 Å². The molecule has 0 fully saturated rings. The van der Waals surface area contributed by atoms with Gasteiger partial charge in [0.1, 0.15) is 5.75 Å². The minimum absolute atomic E-state index is 0. The van der Waals surface area contributed by atoms with Crippen molar-refractivity contribution in [3.8, 4) is 5.75 Å². The number of esters is 2. The van der Waals surface area contributed by atoms with Gasteiger partial charge in [0, 0.05) is 17.0 Å². The minimum Gasteiger partial charge on any atom is -0.461 e. The molecule has 0 spiro atoms. The third-order valence-electron chi connectivity index (χ3n) is 3.80. The van der Waals surface area contributed by atoms with Gasteiger partial charge in [0.25, 0.3) is 0 Å². The standard InChI is InChI=1S/C20H18N4O4.ClH/c1-2-27-19(26)17-15-4-3-5-16(14(15)10-11-23-17)28-18(25)12-6-8-13(9-7-12)24-20(21)22;/h3-11H,2H2,1H3,(H4,21,22,24);1H. The van der Waals surface area contributed by atoms with Crippen molar-refractivity contribution in [2.45, 2.75) is 6.92 Å². The van der Waals surface area contributed by atoms with E-state index in [1.165, 1.54) is 6.20 Å². The molecule has 0 aliphatic carbocycles. The average molecular weight is 415 g/mol. The van der Waals surface area contributed by atoms with Crippen LogP contribution in [0.3, 0.4) is 0 Å². The molecule has 0 saturated heterocycles. The predicted molar refractivity (Wildman–Crippen MR) is 112 cm³/mol. The van der Waals surface area contributed by atoms with Gasteiger partial charge in [0.2, 0.25) is 0 Å². The lowest BCUT2D eigenvalue weighted by molar-refractivity contribution is 0.0522. The van der Waals surface area contributed by atoms with E-state index >= 15 is 0 Å². The highest BCUT2D eigenvalue weighted by Gasteiger charge is 2.16. The summed E-state index contributed by atoms with van der Waals surface area (Å²) in [5, 5.41) is 1.11. The number of pyridine rings is 1. The summed E-state index contributed by atoms with van der Waals surface area (Å²) in [5.74, 6) is -0.856. The second kappa shape index (κ2) is 9.52. The predicted octanol–water partition coefficient (Wildman–Crippen LogP) is 2.96. The summed E-state index contributed by atoms with van der Waals surface area (Å²) in [6.07, 6.45) is 1.47. The third-order valence-corrected chi connectivity index (χ3v) is 3.80. The number of hydrogen-bond acceptors (Lipinski definition) is 6. The lowest BCUT2D eigenvalue weighted by Gasteiger charge is -2.10. The number of rotatable bonds is 5. The first-order valence-corrected chi connectivity index (χ1v) is 8.46. The van der Waals surface area contributed by atoms with Crippen molar-refractivity contribution < 1.29 is 19.1 Å². The molecule has 1 heterocycles. The smallest absolute Gasteiger partial charge is 0.357 e. The summed E-state index contributed by atoms with van der Waals surface area (Å²) in [4.78, 5) is 32.6. The number of ether oxygens (including phenoxy) is 2. The van der Waals surface area contributed by atoms with Crippen molar-refractivity contribution in [1.82, 2.24) is 4.98 Å². The molecule has 150 valence electrons. The lowest BCUT2D eigenvalue weighted by Crippen LogP contribution is -2.21. The van der Waals surface area contributed by atoms with Gasteiger partial charge in [-0.15, -0.1) is 12.4 Å². The summed E-state index contributed by atoms with van der Waals surface area (Å²) >= 11 is 0. The van der Waals surface area contributed by atoms with E-state index in [9.17, 15) is 9.59 Å². The molecule has 0 radical (unpaired) electrons. The number of benzene rings is 2. The number of carbonyl (C=O) groups excluding carboxylic acids is 2. The number of carbonyl (C=O) groups is 2. The van der Waals surface area contributed by atoms with Crippen molar-refractivity contribution in [3.05, 3.63) is 66.0 Å². The average Bonchev–Trinajstić information content (AvgIpc) is 2.68. The van der Waals surface area contributed by atoms with E-state index in [2.05, 4.69) is 9.98 Å². The maximum absolute atomic E-state index is 12.5. The lowest BCUT2D eigenvalue weighted by atomic mass is 10.1.